The number of hydrogen-bond donors (Lipinski definition) is 6. The van der Waals surface area contributed by atoms with Crippen LogP contribution in [0.5, 0.6) is 0 Å². The highest BCUT2D eigenvalue weighted by Gasteiger charge is 2.42. The summed E-state index contributed by atoms with van der Waals surface area (Å²) in [6.07, 6.45) is 2.45. The number of halogens is 1. The number of carbonyl (C=O) groups is 6. The molecule has 0 spiro atoms. The fraction of sp³-hybridized carbons (Fsp3) is 0.489. The molecule has 19 nitrogen and oxygen atoms in total. The molecule has 0 saturated carbocycles. The maximum absolute atomic E-state index is 15.6. The van der Waals surface area contributed by atoms with Crippen molar-refractivity contribution in [2.45, 2.75) is 107 Å². The van der Waals surface area contributed by atoms with E-state index in [9.17, 15) is 37.2 Å². The van der Waals surface area contributed by atoms with E-state index in [0.29, 0.717) is 68.7 Å². The van der Waals surface area contributed by atoms with E-state index in [1.54, 1.807) is 70.2 Å². The number of likely N-dealkylation sites (tertiary alicyclic amines) is 2. The molecule has 6 amide bonds. The van der Waals surface area contributed by atoms with Crippen LogP contribution in [0.4, 0.5) is 42.4 Å². The third kappa shape index (κ3) is 11.0. The molecule has 6 atom stereocenters. The lowest BCUT2D eigenvalue weighted by molar-refractivity contribution is -0.139. The standard InChI is InChI=1S/C47H62FN9O10S/c1-25(2)40(53-46(62)66-5)44(60)55-20-8-10-37(55)42(58)51-33-15-12-27(22-31(33)49)35-17-18-36(57(35)29-14-19-39(30(48)24-29)68(7,64)65)28-13-16-34(32(50)23-28)52-43(59)38-11-9-21-56(38)45(61)41(26(3)4)54-47(63)67-6/h12-16,19,22-26,35-38,40-41H,8-11,17-18,20-21,49-50H2,1-7H3,(H,51,58)(H,52,59)(H,53,62)(H,54,63)/t35-,36?,37+,38+,40+,41+/m1/s1. The molecule has 3 aliphatic rings. The molecular weight excluding hydrogens is 902 g/mol. The van der Waals surface area contributed by atoms with Crippen LogP contribution >= 0.6 is 0 Å². The Bertz CT molecular complexity index is 2410. The second-order valence-electron chi connectivity index (χ2n) is 18.2. The van der Waals surface area contributed by atoms with Gasteiger partial charge >= 0.3 is 12.2 Å². The van der Waals surface area contributed by atoms with E-state index in [2.05, 4.69) is 21.3 Å². The van der Waals surface area contributed by atoms with E-state index in [1.807, 2.05) is 4.90 Å². The van der Waals surface area contributed by atoms with Gasteiger partial charge in [-0.3, -0.25) is 19.2 Å². The van der Waals surface area contributed by atoms with Crippen molar-refractivity contribution in [1.82, 2.24) is 20.4 Å². The van der Waals surface area contributed by atoms with Crippen LogP contribution in [0.3, 0.4) is 0 Å². The van der Waals surface area contributed by atoms with Gasteiger partial charge in [0.2, 0.25) is 23.6 Å². The van der Waals surface area contributed by atoms with Crippen molar-refractivity contribution in [3.8, 4) is 0 Å². The van der Waals surface area contributed by atoms with Gasteiger partial charge in [0.15, 0.2) is 9.84 Å². The number of hydrogen-bond acceptors (Lipinski definition) is 13. The van der Waals surface area contributed by atoms with E-state index in [4.69, 9.17) is 20.9 Å². The summed E-state index contributed by atoms with van der Waals surface area (Å²) in [4.78, 5) is 83.1. The number of sulfone groups is 1. The van der Waals surface area contributed by atoms with E-state index in [-0.39, 0.29) is 23.2 Å². The largest absolute Gasteiger partial charge is 0.453 e. The number of ether oxygens (including phenoxy) is 2. The predicted octanol–water partition coefficient (Wildman–Crippen LogP) is 5.10. The minimum absolute atomic E-state index is 0.229. The van der Waals surface area contributed by atoms with E-state index < -0.39 is 92.6 Å². The van der Waals surface area contributed by atoms with Gasteiger partial charge in [0, 0.05) is 25.0 Å². The lowest BCUT2D eigenvalue weighted by atomic mass is 10.0. The van der Waals surface area contributed by atoms with Gasteiger partial charge in [-0.2, -0.15) is 0 Å². The summed E-state index contributed by atoms with van der Waals surface area (Å²) in [6, 6.07) is 9.97. The number of nitrogens with two attached hydrogens (primary N) is 2. The Hall–Kier alpha value is -6.64. The van der Waals surface area contributed by atoms with Crippen LogP contribution in [0, 0.1) is 17.7 Å². The van der Waals surface area contributed by atoms with Gasteiger partial charge in [-0.25, -0.2) is 22.4 Å². The van der Waals surface area contributed by atoms with Crippen molar-refractivity contribution >= 4 is 74.1 Å². The summed E-state index contributed by atoms with van der Waals surface area (Å²) in [6.45, 7) is 7.77. The van der Waals surface area contributed by atoms with Crippen molar-refractivity contribution in [3.05, 3.63) is 71.5 Å². The van der Waals surface area contributed by atoms with Crippen molar-refractivity contribution in [2.75, 3.05) is 60.6 Å². The van der Waals surface area contributed by atoms with Crippen LogP contribution in [0.15, 0.2) is 59.5 Å². The number of methoxy groups -OCH3 is 2. The maximum Gasteiger partial charge on any atom is 0.407 e. The van der Waals surface area contributed by atoms with Gasteiger partial charge in [-0.1, -0.05) is 39.8 Å². The highest BCUT2D eigenvalue weighted by atomic mass is 32.2. The van der Waals surface area contributed by atoms with Gasteiger partial charge in [0.1, 0.15) is 34.9 Å². The molecule has 3 aromatic carbocycles. The Morgan fingerprint density at radius 1 is 0.662 bits per heavy atom. The molecule has 3 fully saturated rings. The lowest BCUT2D eigenvalue weighted by Crippen LogP contribution is -2.54. The molecule has 1 unspecified atom stereocenters. The number of carbonyl (C=O) groups excluding carboxylic acids is 6. The first-order chi connectivity index (χ1) is 32.1. The van der Waals surface area contributed by atoms with Gasteiger partial charge in [-0.05, 0) is 104 Å². The molecular formula is C47H62FN9O10S. The second-order valence-corrected chi connectivity index (χ2v) is 20.2. The average molecular weight is 964 g/mol. The molecule has 0 bridgehead atoms. The SMILES string of the molecule is COC(=O)N[C@H](C(=O)N1CCC[C@H]1C(=O)Nc1ccc(C2CC[C@H](c3ccc(NC(=O)[C@@H]4CCCN4C(=O)[C@@H](NC(=O)OC)C(C)C)c(N)c3)N2c2ccc(S(C)(=O)=O)c(F)c2)cc1N)C(C)C. The molecule has 68 heavy (non-hydrogen) atoms. The van der Waals surface area contributed by atoms with E-state index in [1.165, 1.54) is 36.2 Å². The predicted molar refractivity (Wildman–Crippen MR) is 253 cm³/mol. The Balaban J connectivity index is 1.23. The van der Waals surface area contributed by atoms with Crippen LogP contribution < -0.4 is 37.6 Å². The highest BCUT2D eigenvalue weighted by molar-refractivity contribution is 7.90. The minimum Gasteiger partial charge on any atom is -0.453 e. The van der Waals surface area contributed by atoms with E-state index in [0.717, 1.165) is 17.4 Å². The Labute approximate surface area is 395 Å². The molecule has 3 aliphatic heterocycles. The summed E-state index contributed by atoms with van der Waals surface area (Å²) < 4.78 is 49.9. The first-order valence-corrected chi connectivity index (χ1v) is 24.5. The van der Waals surface area contributed by atoms with Gasteiger partial charge in [0.25, 0.3) is 0 Å². The van der Waals surface area contributed by atoms with Crippen molar-refractivity contribution < 1.29 is 51.0 Å². The van der Waals surface area contributed by atoms with Crippen LogP contribution in [-0.4, -0.2) is 112 Å². The quantitative estimate of drug-likeness (QED) is 0.115. The van der Waals surface area contributed by atoms with Gasteiger partial charge in [-0.15, -0.1) is 0 Å². The number of benzene rings is 3. The molecule has 3 saturated heterocycles. The molecule has 0 radical (unpaired) electrons. The smallest absolute Gasteiger partial charge is 0.407 e. The van der Waals surface area contributed by atoms with Crippen LogP contribution in [0.2, 0.25) is 0 Å². The van der Waals surface area contributed by atoms with Crippen molar-refractivity contribution in [2.24, 2.45) is 11.8 Å². The second kappa shape index (κ2) is 21.1. The number of nitrogen functional groups attached to an aromatic ring is 2. The molecule has 0 aromatic heterocycles. The molecule has 21 heteroatoms. The van der Waals surface area contributed by atoms with Crippen molar-refractivity contribution in [1.29, 1.82) is 0 Å². The Morgan fingerprint density at radius 3 is 1.44 bits per heavy atom. The summed E-state index contributed by atoms with van der Waals surface area (Å²) in [7, 11) is -1.48. The summed E-state index contributed by atoms with van der Waals surface area (Å²) >= 11 is 0. The zero-order valence-electron chi connectivity index (χ0n) is 39.3. The number of amides is 6. The van der Waals surface area contributed by atoms with Gasteiger partial charge < -0.3 is 56.9 Å². The maximum atomic E-state index is 15.6. The first-order valence-electron chi connectivity index (χ1n) is 22.6. The monoisotopic (exact) mass is 963 g/mol. The molecule has 8 N–H and O–H groups in total. The Kier molecular flexibility index (Phi) is 15.8. The zero-order valence-corrected chi connectivity index (χ0v) is 40.2. The minimum atomic E-state index is -3.89. The van der Waals surface area contributed by atoms with Gasteiger partial charge in [0.05, 0.1) is 49.1 Å². The molecule has 368 valence electrons. The average Bonchev–Trinajstić information content (AvgIpc) is 4.08. The Morgan fingerprint density at radius 2 is 1.09 bits per heavy atom. The highest BCUT2D eigenvalue weighted by Crippen LogP contribution is 2.48. The van der Waals surface area contributed by atoms with Crippen molar-refractivity contribution in [3.63, 3.8) is 0 Å². The molecule has 0 aliphatic carbocycles. The number of rotatable bonds is 14. The zero-order chi connectivity index (χ0) is 49.8. The topological polar surface area (TPSA) is 265 Å². The molecule has 3 heterocycles. The summed E-state index contributed by atoms with van der Waals surface area (Å²) in [5, 5.41) is 10.9. The third-order valence-electron chi connectivity index (χ3n) is 12.9. The number of nitrogens with one attached hydrogen (secondary N) is 4. The summed E-state index contributed by atoms with van der Waals surface area (Å²) in [5.74, 6) is -3.18. The number of alkyl carbamates (subject to hydrolysis) is 2. The van der Waals surface area contributed by atoms with E-state index >= 15 is 4.39 Å². The van der Waals surface area contributed by atoms with Crippen LogP contribution in [-0.2, 0) is 38.5 Å². The van der Waals surface area contributed by atoms with Crippen LogP contribution in [0.25, 0.3) is 0 Å². The summed E-state index contributed by atoms with van der Waals surface area (Å²) in [5.41, 5.74) is 16.1. The number of anilines is 5. The normalized spacial score (nSPS) is 20.2. The molecule has 6 rings (SSSR count). The fourth-order valence-corrected chi connectivity index (χ4v) is 10.1. The lowest BCUT2D eigenvalue weighted by Gasteiger charge is -2.34. The van der Waals surface area contributed by atoms with Crippen LogP contribution in [0.1, 0.15) is 89.4 Å². The first kappa shape index (κ1) is 50.8. The number of nitrogens with zero attached hydrogens (tertiary/aromatic N) is 3. The fourth-order valence-electron chi connectivity index (χ4n) is 9.38. The molecule has 3 aromatic rings. The third-order valence-corrected chi connectivity index (χ3v) is 14.0.